The number of ether oxygens (including phenoxy) is 1. The smallest absolute Gasteiger partial charge is 0.262 e. The minimum absolute atomic E-state index is 0.0196. The largest absolute Gasteiger partial charge is 0.497 e. The predicted molar refractivity (Wildman–Crippen MR) is 110 cm³/mol. The summed E-state index contributed by atoms with van der Waals surface area (Å²) in [5, 5.41) is 0.602. The topological polar surface area (TPSA) is 64.4 Å². The van der Waals surface area contributed by atoms with Gasteiger partial charge in [-0.05, 0) is 43.0 Å². The number of carbonyl (C=O) groups excluding carboxylic acids is 1. The number of nitrogens with zero attached hydrogens (tertiary/aromatic N) is 3. The molecular formula is C21H23N3O3S. The van der Waals surface area contributed by atoms with E-state index in [1.807, 2.05) is 35.2 Å². The summed E-state index contributed by atoms with van der Waals surface area (Å²) in [6.45, 7) is 2.61. The molecule has 1 fully saturated rings. The Morgan fingerprint density at radius 3 is 2.71 bits per heavy atom. The fourth-order valence-electron chi connectivity index (χ4n) is 3.27. The van der Waals surface area contributed by atoms with Crippen molar-refractivity contribution in [3.05, 3.63) is 57.5 Å². The van der Waals surface area contributed by atoms with Crippen molar-refractivity contribution >= 4 is 27.5 Å². The van der Waals surface area contributed by atoms with Crippen LogP contribution in [0.1, 0.15) is 30.2 Å². The van der Waals surface area contributed by atoms with Crippen LogP contribution in [-0.2, 0) is 24.3 Å². The molecule has 0 unspecified atom stereocenters. The van der Waals surface area contributed by atoms with Crippen LogP contribution in [0, 0.1) is 0 Å². The van der Waals surface area contributed by atoms with Gasteiger partial charge in [-0.1, -0.05) is 19.1 Å². The van der Waals surface area contributed by atoms with Gasteiger partial charge in [0.1, 0.15) is 17.1 Å². The summed E-state index contributed by atoms with van der Waals surface area (Å²) < 4.78 is 6.62. The number of hydrogen-bond donors (Lipinski definition) is 0. The van der Waals surface area contributed by atoms with E-state index in [1.54, 1.807) is 7.11 Å². The van der Waals surface area contributed by atoms with Crippen LogP contribution in [0.5, 0.6) is 5.75 Å². The van der Waals surface area contributed by atoms with Gasteiger partial charge < -0.3 is 9.64 Å². The molecule has 3 aromatic rings. The maximum Gasteiger partial charge on any atom is 0.262 e. The molecule has 0 bridgehead atoms. The van der Waals surface area contributed by atoms with Gasteiger partial charge in [0.05, 0.1) is 18.8 Å². The van der Waals surface area contributed by atoms with E-state index in [0.29, 0.717) is 11.9 Å². The minimum atomic E-state index is -0.144. The summed E-state index contributed by atoms with van der Waals surface area (Å²) >= 11 is 1.53. The second-order valence-corrected chi connectivity index (χ2v) is 8.18. The first-order valence-corrected chi connectivity index (χ1v) is 10.3. The molecular weight excluding hydrogens is 374 g/mol. The lowest BCUT2D eigenvalue weighted by Crippen LogP contribution is -2.37. The Bertz CT molecular complexity index is 1050. The first-order chi connectivity index (χ1) is 13.6. The van der Waals surface area contributed by atoms with Gasteiger partial charge in [-0.2, -0.15) is 0 Å². The molecule has 1 saturated carbocycles. The fourth-order valence-corrected chi connectivity index (χ4v) is 4.19. The lowest BCUT2D eigenvalue weighted by molar-refractivity contribution is -0.133. The van der Waals surface area contributed by atoms with Gasteiger partial charge in [-0.25, -0.2) is 4.98 Å². The molecule has 2 heterocycles. The number of rotatable bonds is 7. The number of aromatic nitrogens is 2. The normalized spacial score (nSPS) is 13.6. The van der Waals surface area contributed by atoms with E-state index in [0.717, 1.165) is 40.3 Å². The SMILES string of the molecule is CCc1cc2c(=O)n(CC(=O)N(Cc3ccc(OC)cc3)C3CC3)cnc2s1. The summed E-state index contributed by atoms with van der Waals surface area (Å²) in [4.78, 5) is 33.9. The van der Waals surface area contributed by atoms with Crippen molar-refractivity contribution in [2.45, 2.75) is 45.3 Å². The Balaban J connectivity index is 1.54. The third-order valence-corrected chi connectivity index (χ3v) is 6.23. The quantitative estimate of drug-likeness (QED) is 0.614. The molecule has 0 radical (unpaired) electrons. The number of amides is 1. The van der Waals surface area contributed by atoms with Gasteiger partial charge in [0.15, 0.2) is 0 Å². The molecule has 0 saturated heterocycles. The average Bonchev–Trinajstić information content (AvgIpc) is 3.46. The van der Waals surface area contributed by atoms with Crippen LogP contribution < -0.4 is 10.3 Å². The van der Waals surface area contributed by atoms with Gasteiger partial charge >= 0.3 is 0 Å². The molecule has 2 aromatic heterocycles. The molecule has 1 aliphatic carbocycles. The first-order valence-electron chi connectivity index (χ1n) is 9.49. The average molecular weight is 398 g/mol. The molecule has 0 N–H and O–H groups in total. The van der Waals surface area contributed by atoms with Crippen molar-refractivity contribution in [1.82, 2.24) is 14.5 Å². The summed E-state index contributed by atoms with van der Waals surface area (Å²) in [6, 6.07) is 9.89. The summed E-state index contributed by atoms with van der Waals surface area (Å²) in [5.41, 5.74) is 0.905. The van der Waals surface area contributed by atoms with Crippen LogP contribution >= 0.6 is 11.3 Å². The molecule has 0 spiro atoms. The zero-order chi connectivity index (χ0) is 19.7. The molecule has 0 aliphatic heterocycles. The molecule has 146 valence electrons. The van der Waals surface area contributed by atoms with Crippen LogP contribution in [-0.4, -0.2) is 33.5 Å². The zero-order valence-electron chi connectivity index (χ0n) is 16.1. The highest BCUT2D eigenvalue weighted by Crippen LogP contribution is 2.29. The third-order valence-electron chi connectivity index (χ3n) is 5.04. The van der Waals surface area contributed by atoms with E-state index in [-0.39, 0.29) is 24.1 Å². The maximum absolute atomic E-state index is 13.0. The molecule has 1 amide bonds. The molecule has 0 atom stereocenters. The highest BCUT2D eigenvalue weighted by Gasteiger charge is 2.32. The summed E-state index contributed by atoms with van der Waals surface area (Å²) in [6.07, 6.45) is 4.39. The summed E-state index contributed by atoms with van der Waals surface area (Å²) in [7, 11) is 1.63. The Hall–Kier alpha value is -2.67. The number of carbonyl (C=O) groups is 1. The number of fused-ring (bicyclic) bond motifs is 1. The van der Waals surface area contributed by atoms with Crippen molar-refractivity contribution in [3.63, 3.8) is 0 Å². The highest BCUT2D eigenvalue weighted by atomic mass is 32.1. The fraction of sp³-hybridized carbons (Fsp3) is 0.381. The third kappa shape index (κ3) is 3.80. The van der Waals surface area contributed by atoms with Gasteiger partial charge in [0, 0.05) is 17.5 Å². The van der Waals surface area contributed by atoms with E-state index in [4.69, 9.17) is 4.74 Å². The van der Waals surface area contributed by atoms with Crippen molar-refractivity contribution in [1.29, 1.82) is 0 Å². The monoisotopic (exact) mass is 397 g/mol. The lowest BCUT2D eigenvalue weighted by atomic mass is 10.2. The molecule has 28 heavy (non-hydrogen) atoms. The van der Waals surface area contributed by atoms with Crippen LogP contribution in [0.15, 0.2) is 41.5 Å². The number of hydrogen-bond acceptors (Lipinski definition) is 5. The van der Waals surface area contributed by atoms with Gasteiger partial charge in [0.2, 0.25) is 5.91 Å². The van der Waals surface area contributed by atoms with Crippen LogP contribution in [0.2, 0.25) is 0 Å². The molecule has 4 rings (SSSR count). The second-order valence-electron chi connectivity index (χ2n) is 7.06. The minimum Gasteiger partial charge on any atom is -0.497 e. The van der Waals surface area contributed by atoms with Crippen molar-refractivity contribution in [3.8, 4) is 5.75 Å². The van der Waals surface area contributed by atoms with Gasteiger partial charge in [-0.15, -0.1) is 11.3 Å². The lowest BCUT2D eigenvalue weighted by Gasteiger charge is -2.23. The van der Waals surface area contributed by atoms with E-state index in [1.165, 1.54) is 22.2 Å². The Morgan fingerprint density at radius 2 is 2.07 bits per heavy atom. The molecule has 1 aromatic carbocycles. The number of benzene rings is 1. The van der Waals surface area contributed by atoms with Gasteiger partial charge in [-0.3, -0.25) is 14.2 Å². The highest BCUT2D eigenvalue weighted by molar-refractivity contribution is 7.18. The first kappa shape index (κ1) is 18.7. The maximum atomic E-state index is 13.0. The molecule has 1 aliphatic rings. The van der Waals surface area contributed by atoms with Crippen LogP contribution in [0.4, 0.5) is 0 Å². The van der Waals surface area contributed by atoms with E-state index >= 15 is 0 Å². The number of thiophene rings is 1. The van der Waals surface area contributed by atoms with E-state index in [9.17, 15) is 9.59 Å². The predicted octanol–water partition coefficient (Wildman–Crippen LogP) is 3.22. The number of aryl methyl sites for hydroxylation is 1. The van der Waals surface area contributed by atoms with Crippen molar-refractivity contribution < 1.29 is 9.53 Å². The Labute approximate surface area is 167 Å². The molecule has 6 nitrogen and oxygen atoms in total. The van der Waals surface area contributed by atoms with Crippen LogP contribution in [0.3, 0.4) is 0 Å². The Morgan fingerprint density at radius 1 is 1.32 bits per heavy atom. The molecule has 7 heteroatoms. The zero-order valence-corrected chi connectivity index (χ0v) is 16.9. The second kappa shape index (κ2) is 7.75. The number of methoxy groups -OCH3 is 1. The van der Waals surface area contributed by atoms with Gasteiger partial charge in [0.25, 0.3) is 5.56 Å². The van der Waals surface area contributed by atoms with E-state index < -0.39 is 0 Å². The van der Waals surface area contributed by atoms with Crippen LogP contribution in [0.25, 0.3) is 10.2 Å². The summed E-state index contributed by atoms with van der Waals surface area (Å²) in [5.74, 6) is 0.744. The van der Waals surface area contributed by atoms with E-state index in [2.05, 4.69) is 11.9 Å². The van der Waals surface area contributed by atoms with Crippen molar-refractivity contribution in [2.75, 3.05) is 7.11 Å². The standard InChI is InChI=1S/C21H23N3O3S/c1-3-17-10-18-20(28-17)22-13-23(21(18)26)12-19(25)24(15-6-7-15)11-14-4-8-16(27-2)9-5-14/h4-5,8-10,13,15H,3,6-7,11-12H2,1-2H3. The van der Waals surface area contributed by atoms with Crippen molar-refractivity contribution in [2.24, 2.45) is 0 Å². The Kier molecular flexibility index (Phi) is 5.17.